The van der Waals surface area contributed by atoms with E-state index in [0.29, 0.717) is 22.5 Å². The van der Waals surface area contributed by atoms with Crippen molar-refractivity contribution in [2.45, 2.75) is 13.3 Å². The van der Waals surface area contributed by atoms with Crippen molar-refractivity contribution in [3.05, 3.63) is 53.3 Å². The topological polar surface area (TPSA) is 99.5 Å². The van der Waals surface area contributed by atoms with E-state index < -0.39 is 5.97 Å². The van der Waals surface area contributed by atoms with Crippen molar-refractivity contribution in [2.24, 2.45) is 0 Å². The van der Waals surface area contributed by atoms with Gasteiger partial charge in [0.2, 0.25) is 0 Å². The van der Waals surface area contributed by atoms with Gasteiger partial charge in [0, 0.05) is 5.56 Å². The van der Waals surface area contributed by atoms with Crippen LogP contribution in [-0.2, 0) is 11.2 Å². The predicted octanol–water partition coefficient (Wildman–Crippen LogP) is 1.98. The summed E-state index contributed by atoms with van der Waals surface area (Å²) >= 11 is 0. The highest BCUT2D eigenvalue weighted by molar-refractivity contribution is 6.05. The number of anilines is 1. The van der Waals surface area contributed by atoms with Gasteiger partial charge in [-0.15, -0.1) is 0 Å². The van der Waals surface area contributed by atoms with Crippen molar-refractivity contribution in [1.82, 2.24) is 4.98 Å². The number of amides is 1. The minimum atomic E-state index is -0.959. The normalized spacial score (nSPS) is 10.1. The molecule has 0 aliphatic heterocycles. The SMILES string of the molecule is Cc1cc(O)ccc1C(=O)Nc1ccc(CC(=O)O)nc1. The highest BCUT2D eigenvalue weighted by Gasteiger charge is 2.10. The predicted molar refractivity (Wildman–Crippen MR) is 76.4 cm³/mol. The van der Waals surface area contributed by atoms with Crippen LogP contribution >= 0.6 is 0 Å². The summed E-state index contributed by atoms with van der Waals surface area (Å²) in [5.74, 6) is -1.18. The first kappa shape index (κ1) is 14.5. The van der Waals surface area contributed by atoms with Gasteiger partial charge in [-0.25, -0.2) is 0 Å². The second-order valence-electron chi connectivity index (χ2n) is 4.56. The molecule has 0 bridgehead atoms. The van der Waals surface area contributed by atoms with Crippen molar-refractivity contribution in [3.63, 3.8) is 0 Å². The molecule has 2 rings (SSSR count). The molecular weight excluding hydrogens is 272 g/mol. The van der Waals surface area contributed by atoms with Crippen molar-refractivity contribution in [2.75, 3.05) is 5.32 Å². The molecule has 108 valence electrons. The number of nitrogens with zero attached hydrogens (tertiary/aromatic N) is 1. The molecule has 0 spiro atoms. The number of benzene rings is 1. The molecule has 6 nitrogen and oxygen atoms in total. The first-order valence-electron chi connectivity index (χ1n) is 6.23. The van der Waals surface area contributed by atoms with Crippen molar-refractivity contribution < 1.29 is 19.8 Å². The fraction of sp³-hybridized carbons (Fsp3) is 0.133. The third-order valence-corrected chi connectivity index (χ3v) is 2.87. The van der Waals surface area contributed by atoms with Gasteiger partial charge in [-0.2, -0.15) is 0 Å². The van der Waals surface area contributed by atoms with Gasteiger partial charge in [-0.1, -0.05) is 0 Å². The van der Waals surface area contributed by atoms with Crippen LogP contribution in [0, 0.1) is 6.92 Å². The molecule has 1 aromatic heterocycles. The molecular formula is C15H14N2O4. The summed E-state index contributed by atoms with van der Waals surface area (Å²) in [4.78, 5) is 26.6. The van der Waals surface area contributed by atoms with Gasteiger partial charge in [0.1, 0.15) is 5.75 Å². The lowest BCUT2D eigenvalue weighted by atomic mass is 10.1. The van der Waals surface area contributed by atoms with E-state index in [-0.39, 0.29) is 18.1 Å². The molecule has 6 heteroatoms. The number of aromatic nitrogens is 1. The summed E-state index contributed by atoms with van der Waals surface area (Å²) in [5.41, 5.74) is 1.99. The van der Waals surface area contributed by atoms with E-state index in [0.717, 1.165) is 0 Å². The summed E-state index contributed by atoms with van der Waals surface area (Å²) in [5, 5.41) is 20.6. The molecule has 0 aliphatic rings. The molecule has 0 fully saturated rings. The fourth-order valence-electron chi connectivity index (χ4n) is 1.86. The minimum Gasteiger partial charge on any atom is -0.508 e. The molecule has 21 heavy (non-hydrogen) atoms. The van der Waals surface area contributed by atoms with E-state index >= 15 is 0 Å². The Morgan fingerprint density at radius 3 is 2.57 bits per heavy atom. The first-order valence-corrected chi connectivity index (χ1v) is 6.23. The molecule has 0 radical (unpaired) electrons. The Morgan fingerprint density at radius 2 is 2.00 bits per heavy atom. The minimum absolute atomic E-state index is 0.101. The van der Waals surface area contributed by atoms with Crippen molar-refractivity contribution >= 4 is 17.6 Å². The van der Waals surface area contributed by atoms with E-state index in [9.17, 15) is 14.7 Å². The number of carboxylic acid groups (broad SMARTS) is 1. The zero-order chi connectivity index (χ0) is 15.4. The number of carboxylic acids is 1. The van der Waals surface area contributed by atoms with Gasteiger partial charge in [0.05, 0.1) is 24.0 Å². The molecule has 1 amide bonds. The third-order valence-electron chi connectivity index (χ3n) is 2.87. The number of hydrogen-bond donors (Lipinski definition) is 3. The molecule has 0 unspecified atom stereocenters. The van der Waals surface area contributed by atoms with Gasteiger partial charge in [-0.05, 0) is 42.8 Å². The van der Waals surface area contributed by atoms with Gasteiger partial charge in [0.15, 0.2) is 0 Å². The van der Waals surface area contributed by atoms with Crippen LogP contribution in [0.4, 0.5) is 5.69 Å². The van der Waals surface area contributed by atoms with E-state index in [1.165, 1.54) is 24.4 Å². The number of carbonyl (C=O) groups excluding carboxylic acids is 1. The summed E-state index contributed by atoms with van der Waals surface area (Å²) in [6, 6.07) is 7.62. The Labute approximate surface area is 121 Å². The maximum Gasteiger partial charge on any atom is 0.309 e. The quantitative estimate of drug-likeness (QED) is 0.798. The second-order valence-corrected chi connectivity index (χ2v) is 4.56. The molecule has 0 atom stereocenters. The molecule has 3 N–H and O–H groups in total. The second kappa shape index (κ2) is 6.04. The number of phenols is 1. The standard InChI is InChI=1S/C15H14N2O4/c1-9-6-12(18)4-5-13(9)15(21)17-11-3-2-10(16-8-11)7-14(19)20/h2-6,8,18H,7H2,1H3,(H,17,21)(H,19,20). The van der Waals surface area contributed by atoms with Crippen LogP contribution in [0.5, 0.6) is 5.75 Å². The van der Waals surface area contributed by atoms with Gasteiger partial charge in [0.25, 0.3) is 5.91 Å². The number of aliphatic carboxylic acids is 1. The fourth-order valence-corrected chi connectivity index (χ4v) is 1.86. The molecule has 0 saturated heterocycles. The van der Waals surface area contributed by atoms with E-state index in [1.807, 2.05) is 0 Å². The Bertz CT molecular complexity index is 681. The smallest absolute Gasteiger partial charge is 0.309 e. The maximum absolute atomic E-state index is 12.1. The Kier molecular flexibility index (Phi) is 4.18. The molecule has 1 aromatic carbocycles. The van der Waals surface area contributed by atoms with Gasteiger partial charge >= 0.3 is 5.97 Å². The van der Waals surface area contributed by atoms with Crippen LogP contribution in [0.25, 0.3) is 0 Å². The van der Waals surface area contributed by atoms with Crippen LogP contribution in [0.1, 0.15) is 21.6 Å². The summed E-state index contributed by atoms with van der Waals surface area (Å²) < 4.78 is 0. The molecule has 0 saturated carbocycles. The number of aromatic hydroxyl groups is 1. The van der Waals surface area contributed by atoms with Crippen LogP contribution < -0.4 is 5.32 Å². The summed E-state index contributed by atoms with van der Waals surface area (Å²) in [7, 11) is 0. The van der Waals surface area contributed by atoms with E-state index in [2.05, 4.69) is 10.3 Å². The number of nitrogens with one attached hydrogen (secondary N) is 1. The van der Waals surface area contributed by atoms with Crippen molar-refractivity contribution in [3.8, 4) is 5.75 Å². The van der Waals surface area contributed by atoms with Crippen LogP contribution in [0.2, 0.25) is 0 Å². The van der Waals surface area contributed by atoms with Crippen molar-refractivity contribution in [1.29, 1.82) is 0 Å². The van der Waals surface area contributed by atoms with Crippen LogP contribution in [0.3, 0.4) is 0 Å². The number of aryl methyl sites for hydroxylation is 1. The zero-order valence-electron chi connectivity index (χ0n) is 11.3. The lowest BCUT2D eigenvalue weighted by molar-refractivity contribution is -0.136. The number of rotatable bonds is 4. The number of phenolic OH excluding ortho intramolecular Hbond substituents is 1. The lowest BCUT2D eigenvalue weighted by Gasteiger charge is -2.08. The zero-order valence-corrected chi connectivity index (χ0v) is 11.3. The third kappa shape index (κ3) is 3.79. The van der Waals surface area contributed by atoms with E-state index in [4.69, 9.17) is 5.11 Å². The van der Waals surface area contributed by atoms with Crippen LogP contribution in [-0.4, -0.2) is 27.1 Å². The molecule has 1 heterocycles. The Hall–Kier alpha value is -2.89. The number of pyridine rings is 1. The summed E-state index contributed by atoms with van der Waals surface area (Å²) in [6.07, 6.45) is 1.25. The lowest BCUT2D eigenvalue weighted by Crippen LogP contribution is -2.13. The Balaban J connectivity index is 2.10. The van der Waals surface area contributed by atoms with Crippen LogP contribution in [0.15, 0.2) is 36.5 Å². The highest BCUT2D eigenvalue weighted by Crippen LogP contribution is 2.17. The average molecular weight is 286 g/mol. The number of hydrogen-bond acceptors (Lipinski definition) is 4. The largest absolute Gasteiger partial charge is 0.508 e. The molecule has 2 aromatic rings. The maximum atomic E-state index is 12.1. The summed E-state index contributed by atoms with van der Waals surface area (Å²) in [6.45, 7) is 1.73. The monoisotopic (exact) mass is 286 g/mol. The average Bonchev–Trinajstić information content (AvgIpc) is 2.40. The Morgan fingerprint density at radius 1 is 1.24 bits per heavy atom. The first-order chi connectivity index (χ1) is 9.95. The highest BCUT2D eigenvalue weighted by atomic mass is 16.4. The van der Waals surface area contributed by atoms with Gasteiger partial charge < -0.3 is 15.5 Å². The number of carbonyl (C=O) groups is 2. The van der Waals surface area contributed by atoms with Gasteiger partial charge in [-0.3, -0.25) is 14.6 Å². The molecule has 0 aliphatic carbocycles. The van der Waals surface area contributed by atoms with E-state index in [1.54, 1.807) is 19.1 Å².